The molecule has 1 aromatic carbocycles. The van der Waals surface area contributed by atoms with Crippen LogP contribution in [0.4, 0.5) is 8.78 Å². The highest BCUT2D eigenvalue weighted by Gasteiger charge is 2.12. The van der Waals surface area contributed by atoms with Crippen molar-refractivity contribution < 1.29 is 8.78 Å². The van der Waals surface area contributed by atoms with E-state index >= 15 is 0 Å². The summed E-state index contributed by atoms with van der Waals surface area (Å²) in [6, 6.07) is 2.76. The quantitative estimate of drug-likeness (QED) is 0.682. The van der Waals surface area contributed by atoms with Crippen LogP contribution in [0.2, 0.25) is 0 Å². The molecule has 0 nitrogen and oxygen atoms in total. The van der Waals surface area contributed by atoms with E-state index in [1.807, 2.05) is 6.92 Å². The highest BCUT2D eigenvalue weighted by molar-refractivity contribution is 6.20. The van der Waals surface area contributed by atoms with Gasteiger partial charge in [0.25, 0.3) is 0 Å². The molecule has 0 spiro atoms. The van der Waals surface area contributed by atoms with Gasteiger partial charge in [0.2, 0.25) is 0 Å². The van der Waals surface area contributed by atoms with E-state index in [1.165, 1.54) is 12.1 Å². The predicted molar refractivity (Wildman–Crippen MR) is 59.3 cm³/mol. The summed E-state index contributed by atoms with van der Waals surface area (Å²) in [7, 11) is 0. The van der Waals surface area contributed by atoms with Crippen LogP contribution < -0.4 is 0 Å². The third-order valence-corrected chi connectivity index (χ3v) is 3.06. The number of aryl methyl sites for hydroxylation is 1. The predicted octanol–water partition coefficient (Wildman–Crippen LogP) is 4.22. The van der Waals surface area contributed by atoms with Gasteiger partial charge in [0.05, 0.1) is 0 Å². The number of hydrogen-bond donors (Lipinski definition) is 0. The monoisotopic (exact) mass is 232 g/mol. The van der Waals surface area contributed by atoms with Crippen LogP contribution in [0.1, 0.15) is 30.9 Å². The van der Waals surface area contributed by atoms with Gasteiger partial charge >= 0.3 is 0 Å². The van der Waals surface area contributed by atoms with Gasteiger partial charge in [-0.1, -0.05) is 13.0 Å². The Morgan fingerprint density at radius 1 is 1.33 bits per heavy atom. The topological polar surface area (TPSA) is 0 Å². The second kappa shape index (κ2) is 5.45. The highest BCUT2D eigenvalue weighted by atomic mass is 35.5. The molecule has 1 unspecified atom stereocenters. The van der Waals surface area contributed by atoms with Crippen LogP contribution in [0.25, 0.3) is 0 Å². The van der Waals surface area contributed by atoms with Gasteiger partial charge in [-0.15, -0.1) is 11.6 Å². The van der Waals surface area contributed by atoms with Gasteiger partial charge in [-0.2, -0.15) is 0 Å². The molecule has 15 heavy (non-hydrogen) atoms. The molecule has 1 aromatic rings. The Labute approximate surface area is 94.3 Å². The van der Waals surface area contributed by atoms with E-state index in [-0.39, 0.29) is 10.9 Å². The van der Waals surface area contributed by atoms with Crippen LogP contribution in [0.15, 0.2) is 12.1 Å². The molecule has 0 heterocycles. The Kier molecular flexibility index (Phi) is 4.52. The largest absolute Gasteiger partial charge is 0.207 e. The Bertz CT molecular complexity index is 337. The van der Waals surface area contributed by atoms with Crippen molar-refractivity contribution in [2.75, 3.05) is 0 Å². The fourth-order valence-electron chi connectivity index (χ4n) is 1.45. The maximum atomic E-state index is 13.5. The SMILES string of the molecule is CCC(Cl)CCc1c(F)ccc(C)c1F. The zero-order chi connectivity index (χ0) is 11.4. The summed E-state index contributed by atoms with van der Waals surface area (Å²) in [4.78, 5) is 0. The van der Waals surface area contributed by atoms with Gasteiger partial charge in [-0.05, 0) is 37.8 Å². The number of halogens is 3. The smallest absolute Gasteiger partial charge is 0.132 e. The van der Waals surface area contributed by atoms with Crippen LogP contribution in [0.3, 0.4) is 0 Å². The summed E-state index contributed by atoms with van der Waals surface area (Å²) in [5.41, 5.74) is 0.642. The second-order valence-electron chi connectivity index (χ2n) is 3.70. The average molecular weight is 233 g/mol. The van der Waals surface area contributed by atoms with Gasteiger partial charge in [0, 0.05) is 10.9 Å². The Balaban J connectivity index is 2.80. The first-order valence-corrected chi connectivity index (χ1v) is 5.57. The van der Waals surface area contributed by atoms with Crippen molar-refractivity contribution >= 4 is 11.6 Å². The van der Waals surface area contributed by atoms with E-state index in [0.717, 1.165) is 6.42 Å². The van der Waals surface area contributed by atoms with E-state index in [1.54, 1.807) is 6.92 Å². The first kappa shape index (κ1) is 12.4. The van der Waals surface area contributed by atoms with E-state index < -0.39 is 11.6 Å². The van der Waals surface area contributed by atoms with Crippen molar-refractivity contribution in [1.82, 2.24) is 0 Å². The molecular formula is C12H15ClF2. The zero-order valence-electron chi connectivity index (χ0n) is 8.99. The van der Waals surface area contributed by atoms with Crippen LogP contribution in [-0.2, 0) is 6.42 Å². The summed E-state index contributed by atoms with van der Waals surface area (Å²) < 4.78 is 26.8. The van der Waals surface area contributed by atoms with Gasteiger partial charge in [-0.3, -0.25) is 0 Å². The fraction of sp³-hybridized carbons (Fsp3) is 0.500. The molecule has 84 valence electrons. The van der Waals surface area contributed by atoms with Crippen LogP contribution in [-0.4, -0.2) is 5.38 Å². The lowest BCUT2D eigenvalue weighted by atomic mass is 10.0. The molecule has 0 fully saturated rings. The number of alkyl halides is 1. The average Bonchev–Trinajstić information content (AvgIpc) is 2.23. The summed E-state index contributed by atoms with van der Waals surface area (Å²) >= 11 is 5.91. The standard InChI is InChI=1S/C12H15ClF2/c1-3-9(13)5-6-10-11(14)7-4-8(2)12(10)15/h4,7,9H,3,5-6H2,1-2H3. The normalized spacial score (nSPS) is 12.9. The molecule has 0 amide bonds. The summed E-state index contributed by atoms with van der Waals surface area (Å²) in [5.74, 6) is -0.909. The molecule has 1 atom stereocenters. The van der Waals surface area contributed by atoms with Crippen LogP contribution in [0, 0.1) is 18.6 Å². The van der Waals surface area contributed by atoms with Crippen LogP contribution >= 0.6 is 11.6 Å². The lowest BCUT2D eigenvalue weighted by Crippen LogP contribution is -2.03. The van der Waals surface area contributed by atoms with Crippen molar-refractivity contribution in [2.24, 2.45) is 0 Å². The summed E-state index contributed by atoms with van der Waals surface area (Å²) in [5, 5.41) is -0.00990. The number of rotatable bonds is 4. The van der Waals surface area contributed by atoms with E-state index in [9.17, 15) is 8.78 Å². The molecular weight excluding hydrogens is 218 g/mol. The van der Waals surface area contributed by atoms with Gasteiger partial charge in [0.1, 0.15) is 11.6 Å². The van der Waals surface area contributed by atoms with Crippen molar-refractivity contribution in [1.29, 1.82) is 0 Å². The Hall–Kier alpha value is -0.630. The Morgan fingerprint density at radius 2 is 2.00 bits per heavy atom. The van der Waals surface area contributed by atoms with E-state index in [2.05, 4.69) is 0 Å². The van der Waals surface area contributed by atoms with Gasteiger partial charge < -0.3 is 0 Å². The third-order valence-electron chi connectivity index (χ3n) is 2.53. The van der Waals surface area contributed by atoms with Crippen molar-refractivity contribution in [3.63, 3.8) is 0 Å². The number of hydrogen-bond acceptors (Lipinski definition) is 0. The molecule has 0 aliphatic rings. The maximum absolute atomic E-state index is 13.5. The minimum absolute atomic E-state index is 0.00990. The molecule has 0 aromatic heterocycles. The molecule has 0 radical (unpaired) electrons. The molecule has 3 heteroatoms. The van der Waals surface area contributed by atoms with E-state index in [4.69, 9.17) is 11.6 Å². The maximum Gasteiger partial charge on any atom is 0.132 e. The third kappa shape index (κ3) is 3.16. The molecule has 0 aliphatic carbocycles. The molecule has 0 saturated carbocycles. The van der Waals surface area contributed by atoms with E-state index in [0.29, 0.717) is 18.4 Å². The summed E-state index contributed by atoms with van der Waals surface area (Å²) in [6.45, 7) is 3.59. The highest BCUT2D eigenvalue weighted by Crippen LogP contribution is 2.20. The molecule has 0 aliphatic heterocycles. The first-order valence-electron chi connectivity index (χ1n) is 5.13. The fourth-order valence-corrected chi connectivity index (χ4v) is 1.56. The lowest BCUT2D eigenvalue weighted by molar-refractivity contribution is 0.541. The zero-order valence-corrected chi connectivity index (χ0v) is 9.74. The Morgan fingerprint density at radius 3 is 2.60 bits per heavy atom. The molecule has 1 rings (SSSR count). The van der Waals surface area contributed by atoms with Gasteiger partial charge in [0.15, 0.2) is 0 Å². The van der Waals surface area contributed by atoms with Gasteiger partial charge in [-0.25, -0.2) is 8.78 Å². The lowest BCUT2D eigenvalue weighted by Gasteiger charge is -2.09. The summed E-state index contributed by atoms with van der Waals surface area (Å²) in [6.07, 6.45) is 1.79. The second-order valence-corrected chi connectivity index (χ2v) is 4.32. The van der Waals surface area contributed by atoms with Crippen LogP contribution in [0.5, 0.6) is 0 Å². The van der Waals surface area contributed by atoms with Crippen molar-refractivity contribution in [3.8, 4) is 0 Å². The molecule has 0 bridgehead atoms. The van der Waals surface area contributed by atoms with Crippen molar-refractivity contribution in [2.45, 2.75) is 38.5 Å². The molecule has 0 saturated heterocycles. The minimum atomic E-state index is -0.474. The first-order chi connectivity index (χ1) is 7.06. The minimum Gasteiger partial charge on any atom is -0.207 e. The number of benzene rings is 1. The van der Waals surface area contributed by atoms with Crippen molar-refractivity contribution in [3.05, 3.63) is 34.9 Å². The molecule has 0 N–H and O–H groups in total.